The molecular weight excluding hydrogens is 792 g/mol. The molecule has 4 aromatic carbocycles. The lowest BCUT2D eigenvalue weighted by atomic mass is 10.1. The van der Waals surface area contributed by atoms with Gasteiger partial charge in [-0.25, -0.2) is 14.4 Å². The molecule has 0 aliphatic rings. The van der Waals surface area contributed by atoms with Crippen LogP contribution in [0.15, 0.2) is 116 Å². The Balaban J connectivity index is 0.000000197. The third kappa shape index (κ3) is 13.0. The summed E-state index contributed by atoms with van der Waals surface area (Å²) in [7, 11) is 0. The van der Waals surface area contributed by atoms with Gasteiger partial charge in [-0.05, 0) is 84.9 Å². The summed E-state index contributed by atoms with van der Waals surface area (Å²) < 4.78 is 13.0. The van der Waals surface area contributed by atoms with Gasteiger partial charge in [0, 0.05) is 59.8 Å². The van der Waals surface area contributed by atoms with E-state index in [1.807, 2.05) is 54.6 Å². The van der Waals surface area contributed by atoms with Gasteiger partial charge in [-0.2, -0.15) is 20.2 Å². The molecule has 61 heavy (non-hydrogen) atoms. The average molecular weight is 829 g/mol. The van der Waals surface area contributed by atoms with E-state index < -0.39 is 17.8 Å². The number of H-pyrrole nitrogens is 2. The molecular formula is C40H37FN14O6. The first-order valence-electron chi connectivity index (χ1n) is 17.7. The topological polar surface area (TPSA) is 318 Å². The maximum Gasteiger partial charge on any atom is 0.300 e. The van der Waals surface area contributed by atoms with E-state index in [4.69, 9.17) is 31.3 Å². The molecule has 0 spiro atoms. The number of hydrogen-bond acceptors (Lipinski definition) is 14. The van der Waals surface area contributed by atoms with Crippen molar-refractivity contribution in [1.29, 1.82) is 0 Å². The monoisotopic (exact) mass is 828 g/mol. The maximum absolute atomic E-state index is 13.0. The molecule has 0 radical (unpaired) electrons. The number of anilines is 8. The van der Waals surface area contributed by atoms with Gasteiger partial charge in [0.05, 0.1) is 11.0 Å². The van der Waals surface area contributed by atoms with Gasteiger partial charge in [-0.1, -0.05) is 18.2 Å². The van der Waals surface area contributed by atoms with Crippen LogP contribution in [0.25, 0.3) is 21.8 Å². The van der Waals surface area contributed by atoms with Crippen molar-refractivity contribution in [1.82, 2.24) is 40.3 Å². The summed E-state index contributed by atoms with van der Waals surface area (Å²) in [6, 6.07) is 29.0. The van der Waals surface area contributed by atoms with E-state index in [0.29, 0.717) is 50.7 Å². The Labute approximate surface area is 344 Å². The number of carboxylic acids is 2. The van der Waals surface area contributed by atoms with Gasteiger partial charge in [0.25, 0.3) is 23.8 Å². The molecule has 2 amide bonds. The number of nitrogen functional groups attached to an aromatic ring is 2. The number of carboxylic acid groups (broad SMARTS) is 2. The molecule has 0 unspecified atom stereocenters. The minimum Gasteiger partial charge on any atom is -0.481 e. The molecule has 0 atom stereocenters. The second-order valence-corrected chi connectivity index (χ2v) is 12.3. The predicted octanol–water partition coefficient (Wildman–Crippen LogP) is 6.18. The first-order chi connectivity index (χ1) is 29.2. The van der Waals surface area contributed by atoms with Crippen molar-refractivity contribution < 1.29 is 33.8 Å². The number of amides is 2. The van der Waals surface area contributed by atoms with Crippen molar-refractivity contribution in [3.05, 3.63) is 133 Å². The Kier molecular flexibility index (Phi) is 14.4. The van der Waals surface area contributed by atoms with E-state index in [9.17, 15) is 14.0 Å². The van der Waals surface area contributed by atoms with Gasteiger partial charge in [0.1, 0.15) is 17.5 Å². The Morgan fingerprint density at radius 3 is 1.38 bits per heavy atom. The zero-order chi connectivity index (χ0) is 43.9. The van der Waals surface area contributed by atoms with Crippen molar-refractivity contribution in [3.8, 4) is 0 Å². The van der Waals surface area contributed by atoms with E-state index in [1.165, 1.54) is 24.3 Å². The minimum atomic E-state index is -0.833. The Morgan fingerprint density at radius 2 is 0.967 bits per heavy atom. The Morgan fingerprint density at radius 1 is 0.574 bits per heavy atom. The largest absolute Gasteiger partial charge is 0.481 e. The third-order valence-electron chi connectivity index (χ3n) is 7.58. The lowest BCUT2D eigenvalue weighted by Gasteiger charge is -2.06. The third-order valence-corrected chi connectivity index (χ3v) is 7.58. The molecule has 4 heterocycles. The van der Waals surface area contributed by atoms with Gasteiger partial charge in [-0.15, -0.1) is 0 Å². The van der Waals surface area contributed by atoms with Crippen molar-refractivity contribution in [2.24, 2.45) is 0 Å². The number of rotatable bonds is 8. The smallest absolute Gasteiger partial charge is 0.300 e. The molecule has 8 aromatic rings. The number of nitrogens with zero attached hydrogens (tertiary/aromatic N) is 6. The Hall–Kier alpha value is -9.01. The first kappa shape index (κ1) is 43.1. The van der Waals surface area contributed by atoms with Crippen molar-refractivity contribution in [3.63, 3.8) is 0 Å². The van der Waals surface area contributed by atoms with Gasteiger partial charge in [0.15, 0.2) is 11.4 Å². The van der Waals surface area contributed by atoms with Gasteiger partial charge < -0.3 is 42.9 Å². The number of carbonyl (C=O) groups excluding carboxylic acids is 2. The molecule has 0 saturated heterocycles. The van der Waals surface area contributed by atoms with Crippen molar-refractivity contribution >= 4 is 91.8 Å². The summed E-state index contributed by atoms with van der Waals surface area (Å²) in [5.41, 5.74) is 15.8. The highest BCUT2D eigenvalue weighted by Gasteiger charge is 2.17. The van der Waals surface area contributed by atoms with Crippen LogP contribution < -0.4 is 32.7 Å². The number of nitrogens with two attached hydrogens (primary N) is 2. The molecule has 0 fully saturated rings. The molecule has 0 bridgehead atoms. The molecule has 0 aliphatic heterocycles. The predicted molar refractivity (Wildman–Crippen MR) is 227 cm³/mol. The number of aromatic amines is 2. The highest BCUT2D eigenvalue weighted by atomic mass is 19.1. The van der Waals surface area contributed by atoms with E-state index in [0.717, 1.165) is 25.1 Å². The molecule has 0 saturated carbocycles. The van der Waals surface area contributed by atoms with Crippen LogP contribution in [0.4, 0.5) is 50.7 Å². The fourth-order valence-corrected chi connectivity index (χ4v) is 5.15. The van der Waals surface area contributed by atoms with Crippen LogP contribution in [-0.2, 0) is 9.59 Å². The summed E-state index contributed by atoms with van der Waals surface area (Å²) in [5.74, 6) is -1.30. The number of aromatic nitrogens is 8. The maximum atomic E-state index is 13.0. The zero-order valence-corrected chi connectivity index (χ0v) is 32.2. The summed E-state index contributed by atoms with van der Waals surface area (Å²) in [6.07, 6.45) is 3.11. The van der Waals surface area contributed by atoms with E-state index in [-0.39, 0.29) is 29.3 Å². The SMILES string of the molecule is CC(=O)O.CC(=O)O.Nc1nccc(Nc2ccc3[nH]nc(C(=O)Nc4ccc(F)cc4)c3c2)n1.Nc1nccc(Nc2ccc3[nH]nc(C(=O)Nc4ccccc4)c3c2)n1. The van der Waals surface area contributed by atoms with Crippen LogP contribution >= 0.6 is 0 Å². The number of benzene rings is 4. The van der Waals surface area contributed by atoms with Crippen molar-refractivity contribution in [2.75, 3.05) is 32.7 Å². The van der Waals surface area contributed by atoms with Crippen molar-refractivity contribution in [2.45, 2.75) is 13.8 Å². The van der Waals surface area contributed by atoms with Crippen LogP contribution in [0, 0.1) is 5.82 Å². The second-order valence-electron chi connectivity index (χ2n) is 12.3. The lowest BCUT2D eigenvalue weighted by molar-refractivity contribution is -0.135. The zero-order valence-electron chi connectivity index (χ0n) is 32.2. The average Bonchev–Trinajstić information content (AvgIpc) is 3.83. The molecule has 0 aliphatic carbocycles. The number of carbonyl (C=O) groups is 4. The number of nitrogens with one attached hydrogen (secondary N) is 6. The normalized spacial score (nSPS) is 10.1. The highest BCUT2D eigenvalue weighted by Crippen LogP contribution is 2.25. The number of fused-ring (bicyclic) bond motifs is 2. The molecule has 4 aromatic heterocycles. The van der Waals surface area contributed by atoms with E-state index in [2.05, 4.69) is 61.6 Å². The standard InChI is InChI=1S/C18H14FN7O.C18H15N7O.2C2H4O2/c19-10-1-3-11(4-2-10)23-17(27)16-13-9-12(5-6-14(13)25-26-16)22-15-7-8-21-18(20)24-15;19-18-20-9-8-15(23-18)21-12-6-7-14-13(10-12)16(25-24-14)17(26)22-11-4-2-1-3-5-11;2*1-2(3)4/h1-9H,(H,23,27)(H,25,26)(H3,20,21,22,24);1-10H,(H,22,26)(H,24,25)(H3,19,20,21,23);2*1H3,(H,3,4). The number of halogens is 1. The molecule has 21 heteroatoms. The van der Waals surface area contributed by atoms with Crippen LogP contribution in [0.5, 0.6) is 0 Å². The summed E-state index contributed by atoms with van der Waals surface area (Å²) in [5, 5.41) is 41.8. The number of hydrogen-bond donors (Lipinski definition) is 10. The molecule has 8 rings (SSSR count). The first-order valence-corrected chi connectivity index (χ1v) is 17.7. The number of para-hydroxylation sites is 1. The van der Waals surface area contributed by atoms with Crippen LogP contribution in [0.2, 0.25) is 0 Å². The van der Waals surface area contributed by atoms with Crippen LogP contribution in [0.3, 0.4) is 0 Å². The highest BCUT2D eigenvalue weighted by molar-refractivity contribution is 6.12. The fourth-order valence-electron chi connectivity index (χ4n) is 5.15. The summed E-state index contributed by atoms with van der Waals surface area (Å²) in [6.45, 7) is 2.17. The molecule has 12 N–H and O–H groups in total. The van der Waals surface area contributed by atoms with Gasteiger partial charge >= 0.3 is 0 Å². The van der Waals surface area contributed by atoms with E-state index in [1.54, 1.807) is 36.7 Å². The summed E-state index contributed by atoms with van der Waals surface area (Å²) >= 11 is 0. The van der Waals surface area contributed by atoms with Gasteiger partial charge in [0.2, 0.25) is 11.9 Å². The van der Waals surface area contributed by atoms with Gasteiger partial charge in [-0.3, -0.25) is 29.4 Å². The van der Waals surface area contributed by atoms with E-state index >= 15 is 0 Å². The second kappa shape index (κ2) is 20.4. The van der Waals surface area contributed by atoms with Crippen LogP contribution in [0.1, 0.15) is 34.8 Å². The molecule has 20 nitrogen and oxygen atoms in total. The lowest BCUT2D eigenvalue weighted by Crippen LogP contribution is -2.12. The fraction of sp³-hybridized carbons (Fsp3) is 0.0500. The quantitative estimate of drug-likeness (QED) is 0.0817. The van der Waals surface area contributed by atoms with Crippen LogP contribution in [-0.4, -0.2) is 74.3 Å². The Bertz CT molecular complexity index is 2760. The summed E-state index contributed by atoms with van der Waals surface area (Å²) in [4.78, 5) is 59.0. The number of aliphatic carboxylic acids is 2. The minimum absolute atomic E-state index is 0.156. The molecule has 310 valence electrons.